The van der Waals surface area contributed by atoms with Crippen molar-refractivity contribution in [3.05, 3.63) is 60.2 Å². The molecule has 0 atom stereocenters. The summed E-state index contributed by atoms with van der Waals surface area (Å²) in [5.41, 5.74) is 1.64. The lowest BCUT2D eigenvalue weighted by Gasteiger charge is -2.08. The Hall–Kier alpha value is -2.55. The van der Waals surface area contributed by atoms with E-state index >= 15 is 0 Å². The Labute approximate surface area is 111 Å². The van der Waals surface area contributed by atoms with Gasteiger partial charge in [0.05, 0.1) is 0 Å². The quantitative estimate of drug-likeness (QED) is 0.649. The maximum Gasteiger partial charge on any atom is 0.328 e. The van der Waals surface area contributed by atoms with E-state index in [0.717, 1.165) is 28.0 Å². The van der Waals surface area contributed by atoms with E-state index in [2.05, 4.69) is 6.58 Å². The predicted molar refractivity (Wildman–Crippen MR) is 76.2 cm³/mol. The smallest absolute Gasteiger partial charge is 0.328 e. The number of rotatable bonds is 4. The second-order valence-electron chi connectivity index (χ2n) is 4.21. The number of hydrogen-bond donors (Lipinski definition) is 2. The zero-order valence-corrected chi connectivity index (χ0v) is 10.3. The summed E-state index contributed by atoms with van der Waals surface area (Å²) in [5, 5.41) is 20.4. The minimum atomic E-state index is -0.974. The average molecular weight is 254 g/mol. The number of carbonyl (C=O) groups is 1. The van der Waals surface area contributed by atoms with E-state index in [1.165, 1.54) is 0 Å². The molecule has 0 aliphatic rings. The van der Waals surface area contributed by atoms with Crippen molar-refractivity contribution >= 4 is 22.8 Å². The Bertz CT molecular complexity index is 669. The molecule has 0 amide bonds. The van der Waals surface area contributed by atoms with E-state index in [1.54, 1.807) is 18.2 Å². The Morgan fingerprint density at radius 3 is 2.74 bits per heavy atom. The molecule has 2 N–H and O–H groups in total. The lowest BCUT2D eigenvalue weighted by atomic mass is 9.99. The fourth-order valence-corrected chi connectivity index (χ4v) is 2.03. The summed E-state index contributed by atoms with van der Waals surface area (Å²) < 4.78 is 0. The number of aromatic hydroxyl groups is 1. The molecule has 0 unspecified atom stereocenters. The molecule has 3 heteroatoms. The number of allylic oxidation sites excluding steroid dienone is 1. The van der Waals surface area contributed by atoms with Crippen LogP contribution >= 0.6 is 0 Å². The van der Waals surface area contributed by atoms with Crippen LogP contribution in [0.25, 0.3) is 16.8 Å². The molecule has 2 aromatic rings. The number of fused-ring (bicyclic) bond motifs is 1. The van der Waals surface area contributed by atoms with Crippen molar-refractivity contribution < 1.29 is 15.0 Å². The van der Waals surface area contributed by atoms with Crippen LogP contribution in [-0.2, 0) is 11.2 Å². The highest BCUT2D eigenvalue weighted by Gasteiger charge is 2.05. The highest BCUT2D eigenvalue weighted by atomic mass is 16.4. The van der Waals surface area contributed by atoms with Crippen LogP contribution in [0.2, 0.25) is 0 Å². The first kappa shape index (κ1) is 12.9. The second-order valence-corrected chi connectivity index (χ2v) is 4.21. The maximum atomic E-state index is 10.5. The number of aliphatic carboxylic acids is 1. The van der Waals surface area contributed by atoms with Gasteiger partial charge < -0.3 is 10.2 Å². The minimum absolute atomic E-state index is 0.251. The largest absolute Gasteiger partial charge is 0.508 e. The fraction of sp³-hybridized carbons (Fsp3) is 0.0625. The summed E-state index contributed by atoms with van der Waals surface area (Å²) in [6.45, 7) is 3.68. The van der Waals surface area contributed by atoms with Crippen LogP contribution in [0.4, 0.5) is 0 Å². The van der Waals surface area contributed by atoms with Gasteiger partial charge in [0.25, 0.3) is 0 Å². The fourth-order valence-electron chi connectivity index (χ4n) is 2.03. The third kappa shape index (κ3) is 2.83. The molecule has 0 radical (unpaired) electrons. The van der Waals surface area contributed by atoms with Gasteiger partial charge in [0.2, 0.25) is 0 Å². The minimum Gasteiger partial charge on any atom is -0.508 e. The molecule has 3 nitrogen and oxygen atoms in total. The maximum absolute atomic E-state index is 10.5. The third-order valence-corrected chi connectivity index (χ3v) is 2.90. The topological polar surface area (TPSA) is 57.5 Å². The van der Waals surface area contributed by atoms with Gasteiger partial charge in [-0.1, -0.05) is 24.3 Å². The number of benzene rings is 2. The van der Waals surface area contributed by atoms with Crippen LogP contribution in [0.3, 0.4) is 0 Å². The number of hydrogen-bond acceptors (Lipinski definition) is 2. The third-order valence-electron chi connectivity index (χ3n) is 2.90. The van der Waals surface area contributed by atoms with E-state index in [0.29, 0.717) is 6.42 Å². The van der Waals surface area contributed by atoms with Gasteiger partial charge in [0, 0.05) is 11.6 Å². The molecule has 2 rings (SSSR count). The van der Waals surface area contributed by atoms with Crippen molar-refractivity contribution in [3.8, 4) is 5.75 Å². The molecule has 19 heavy (non-hydrogen) atoms. The van der Waals surface area contributed by atoms with Crippen LogP contribution in [-0.4, -0.2) is 16.2 Å². The summed E-state index contributed by atoms with van der Waals surface area (Å²) in [6.07, 6.45) is 4.98. The number of phenols is 1. The molecule has 0 aliphatic carbocycles. The molecule has 96 valence electrons. The summed E-state index contributed by atoms with van der Waals surface area (Å²) in [6, 6.07) is 9.06. The average Bonchev–Trinajstić information content (AvgIpc) is 2.39. The number of carboxylic acids is 1. The first-order chi connectivity index (χ1) is 9.11. The van der Waals surface area contributed by atoms with Gasteiger partial charge in [0.15, 0.2) is 0 Å². The van der Waals surface area contributed by atoms with E-state index in [9.17, 15) is 9.90 Å². The van der Waals surface area contributed by atoms with E-state index in [-0.39, 0.29) is 5.75 Å². The number of carboxylic acid groups (broad SMARTS) is 1. The highest BCUT2D eigenvalue weighted by Crippen LogP contribution is 2.28. The molecule has 0 fully saturated rings. The zero-order chi connectivity index (χ0) is 13.8. The molecule has 0 aliphatic heterocycles. The van der Waals surface area contributed by atoms with Gasteiger partial charge in [0.1, 0.15) is 5.75 Å². The highest BCUT2D eigenvalue weighted by molar-refractivity contribution is 5.91. The number of phenolic OH excluding ortho intramolecular Hbond substituents is 1. The molecular formula is C16H14O3. The van der Waals surface area contributed by atoms with Crippen LogP contribution in [0.1, 0.15) is 11.1 Å². The van der Waals surface area contributed by atoms with Crippen LogP contribution < -0.4 is 0 Å². The van der Waals surface area contributed by atoms with E-state index in [4.69, 9.17) is 5.11 Å². The second kappa shape index (κ2) is 5.40. The lowest BCUT2D eigenvalue weighted by molar-refractivity contribution is -0.131. The van der Waals surface area contributed by atoms with Gasteiger partial charge in [-0.25, -0.2) is 4.79 Å². The summed E-state index contributed by atoms with van der Waals surface area (Å²) in [7, 11) is 0. The van der Waals surface area contributed by atoms with Crippen LogP contribution in [0, 0.1) is 0 Å². The van der Waals surface area contributed by atoms with Crippen molar-refractivity contribution in [2.24, 2.45) is 0 Å². The van der Waals surface area contributed by atoms with Gasteiger partial charge in [-0.3, -0.25) is 0 Å². The molecule has 0 saturated heterocycles. The monoisotopic (exact) mass is 254 g/mol. The van der Waals surface area contributed by atoms with Crippen molar-refractivity contribution in [2.75, 3.05) is 0 Å². The van der Waals surface area contributed by atoms with Crippen molar-refractivity contribution in [3.63, 3.8) is 0 Å². The van der Waals surface area contributed by atoms with Crippen LogP contribution in [0.15, 0.2) is 49.1 Å². The molecule has 0 aromatic heterocycles. The van der Waals surface area contributed by atoms with E-state index in [1.807, 2.05) is 24.3 Å². The Balaban J connectivity index is 2.53. The van der Waals surface area contributed by atoms with E-state index < -0.39 is 5.97 Å². The standard InChI is InChI=1S/C16H14O3/c1-2-3-14-13-7-4-11(5-9-16(18)19)10-12(13)6-8-15(14)17/h2,4-10,17H,1,3H2,(H,18,19)/b9-5+. The zero-order valence-electron chi connectivity index (χ0n) is 10.3. The first-order valence-corrected chi connectivity index (χ1v) is 5.88. The van der Waals surface area contributed by atoms with Gasteiger partial charge in [-0.05, 0) is 41.0 Å². The molecular weight excluding hydrogens is 240 g/mol. The molecule has 2 aromatic carbocycles. The Morgan fingerprint density at radius 2 is 2.05 bits per heavy atom. The molecule has 0 bridgehead atoms. The first-order valence-electron chi connectivity index (χ1n) is 5.88. The van der Waals surface area contributed by atoms with Gasteiger partial charge in [-0.2, -0.15) is 0 Å². The Morgan fingerprint density at radius 1 is 1.26 bits per heavy atom. The SMILES string of the molecule is C=CCc1c(O)ccc2cc(/C=C/C(=O)O)ccc12. The lowest BCUT2D eigenvalue weighted by Crippen LogP contribution is -1.88. The van der Waals surface area contributed by atoms with Crippen LogP contribution in [0.5, 0.6) is 5.75 Å². The summed E-state index contributed by atoms with van der Waals surface area (Å²) in [4.78, 5) is 10.5. The summed E-state index contributed by atoms with van der Waals surface area (Å²) >= 11 is 0. The van der Waals surface area contributed by atoms with Gasteiger partial charge >= 0.3 is 5.97 Å². The van der Waals surface area contributed by atoms with Crippen molar-refractivity contribution in [1.29, 1.82) is 0 Å². The molecule has 0 spiro atoms. The van der Waals surface area contributed by atoms with Crippen molar-refractivity contribution in [2.45, 2.75) is 6.42 Å². The van der Waals surface area contributed by atoms with Crippen molar-refractivity contribution in [1.82, 2.24) is 0 Å². The predicted octanol–water partition coefficient (Wildman–Crippen LogP) is 3.37. The summed E-state index contributed by atoms with van der Waals surface area (Å²) in [5.74, 6) is -0.723. The Kier molecular flexibility index (Phi) is 3.66. The van der Waals surface area contributed by atoms with Gasteiger partial charge in [-0.15, -0.1) is 6.58 Å². The normalized spacial score (nSPS) is 10.9. The molecule has 0 heterocycles. The molecule has 0 saturated carbocycles.